The molecule has 0 aliphatic rings. The third kappa shape index (κ3) is 4.68. The van der Waals surface area contributed by atoms with E-state index in [1.807, 2.05) is 37.3 Å². The Balaban J connectivity index is 1.56. The summed E-state index contributed by atoms with van der Waals surface area (Å²) in [6.07, 6.45) is 0. The van der Waals surface area contributed by atoms with E-state index in [4.69, 9.17) is 4.74 Å². The van der Waals surface area contributed by atoms with Gasteiger partial charge in [-0.2, -0.15) is 0 Å². The summed E-state index contributed by atoms with van der Waals surface area (Å²) in [5.74, 6) is 4.84. The third-order valence-electron chi connectivity index (χ3n) is 4.83. The van der Waals surface area contributed by atoms with Gasteiger partial charge in [-0.05, 0) is 62.7 Å². The molecule has 0 radical (unpaired) electrons. The lowest BCUT2D eigenvalue weighted by Crippen LogP contribution is -2.26. The molecule has 0 N–H and O–H groups in total. The van der Waals surface area contributed by atoms with Crippen LogP contribution in [-0.2, 0) is 4.74 Å². The van der Waals surface area contributed by atoms with Crippen LogP contribution in [0, 0.1) is 24.6 Å². The van der Waals surface area contributed by atoms with Crippen molar-refractivity contribution in [1.29, 1.82) is 0 Å². The molecule has 0 aliphatic carbocycles. The highest BCUT2D eigenvalue weighted by Gasteiger charge is 2.23. The number of carbonyl (C=O) groups is 1. The van der Waals surface area contributed by atoms with Crippen LogP contribution in [-0.4, -0.2) is 11.6 Å². The average Bonchev–Trinajstić information content (AvgIpc) is 3.17. The van der Waals surface area contributed by atoms with Gasteiger partial charge in [0.05, 0.1) is 11.1 Å². The van der Waals surface area contributed by atoms with Gasteiger partial charge in [0.1, 0.15) is 11.2 Å². The van der Waals surface area contributed by atoms with Gasteiger partial charge in [-0.15, -0.1) is 0 Å². The maximum absolute atomic E-state index is 14.0. The monoisotopic (exact) mass is 429 g/mol. The number of carbonyl (C=O) groups excluding carboxylic acids is 1. The van der Waals surface area contributed by atoms with Gasteiger partial charge in [-0.3, -0.25) is 0 Å². The molecule has 0 fully saturated rings. The Morgan fingerprint density at radius 3 is 2.61 bits per heavy atom. The van der Waals surface area contributed by atoms with Crippen molar-refractivity contribution < 1.29 is 13.9 Å². The van der Waals surface area contributed by atoms with Gasteiger partial charge in [-0.1, -0.05) is 36.1 Å². The molecule has 1 unspecified atom stereocenters. The molecule has 0 saturated carbocycles. The van der Waals surface area contributed by atoms with E-state index in [9.17, 15) is 9.18 Å². The number of halogens is 1. The number of rotatable bonds is 3. The number of benzene rings is 3. The Hall–Kier alpha value is -3.42. The minimum atomic E-state index is -1.06. The van der Waals surface area contributed by atoms with E-state index in [1.54, 1.807) is 32.0 Å². The number of esters is 1. The van der Waals surface area contributed by atoms with Crippen LogP contribution in [0.1, 0.15) is 35.3 Å². The first-order valence-corrected chi connectivity index (χ1v) is 11.2. The number of thiophene rings is 1. The number of hydrogen-bond acceptors (Lipinski definition) is 2. The first kappa shape index (κ1) is 20.8. The average molecular weight is 430 g/mol. The second-order valence-electron chi connectivity index (χ2n) is 7.84. The van der Waals surface area contributed by atoms with Gasteiger partial charge in [0.2, 0.25) is 0 Å². The van der Waals surface area contributed by atoms with Crippen LogP contribution in [0.15, 0.2) is 78.2 Å². The number of ether oxygens (including phenoxy) is 1. The molecule has 154 valence electrons. The summed E-state index contributed by atoms with van der Waals surface area (Å²) in [5, 5.41) is 3.37. The van der Waals surface area contributed by atoms with Crippen molar-refractivity contribution in [3.63, 3.8) is 0 Å². The molecule has 0 aliphatic heterocycles. The summed E-state index contributed by atoms with van der Waals surface area (Å²) < 4.78 is 20.9. The van der Waals surface area contributed by atoms with Crippen molar-refractivity contribution in [1.82, 2.24) is 0 Å². The maximum Gasteiger partial charge on any atom is 0.339 e. The Morgan fingerprint density at radius 2 is 1.81 bits per heavy atom. The van der Waals surface area contributed by atoms with E-state index in [0.29, 0.717) is 5.56 Å². The van der Waals surface area contributed by atoms with Gasteiger partial charge >= 0.3 is 5.97 Å². The fraction of sp³-hybridized carbons (Fsp3) is 0.148. The van der Waals surface area contributed by atoms with Gasteiger partial charge in [-0.25, -0.2) is 9.18 Å². The molecule has 1 heterocycles. The lowest BCUT2D eigenvalue weighted by atomic mass is 10.1. The van der Waals surface area contributed by atoms with Crippen LogP contribution >= 0.6 is 10.5 Å². The minimum absolute atomic E-state index is 0.207. The summed E-state index contributed by atoms with van der Waals surface area (Å²) >= 11 is 0. The smallest absolute Gasteiger partial charge is 0.339 e. The van der Waals surface area contributed by atoms with Gasteiger partial charge in [0.25, 0.3) is 0 Å². The number of hydrogen-bond donors (Lipinski definition) is 0. The molecule has 3 aromatic carbocycles. The summed E-state index contributed by atoms with van der Waals surface area (Å²) in [6.45, 7) is 5.22. The quantitative estimate of drug-likeness (QED) is 0.199. The van der Waals surface area contributed by atoms with Crippen LogP contribution in [0.5, 0.6) is 0 Å². The summed E-state index contributed by atoms with van der Waals surface area (Å²) in [5.41, 5.74) is 0.518. The zero-order chi connectivity index (χ0) is 22.0. The van der Waals surface area contributed by atoms with E-state index in [0.717, 1.165) is 10.5 Å². The zero-order valence-electron chi connectivity index (χ0n) is 17.6. The van der Waals surface area contributed by atoms with E-state index < -0.39 is 11.6 Å². The van der Waals surface area contributed by atoms with Crippen molar-refractivity contribution in [2.45, 2.75) is 26.4 Å². The Bertz CT molecular complexity index is 1340. The fourth-order valence-electron chi connectivity index (χ4n) is 3.25. The molecule has 4 aromatic rings. The second kappa shape index (κ2) is 8.37. The number of aryl methyl sites for hydroxylation is 1. The van der Waals surface area contributed by atoms with Crippen LogP contribution in [0.25, 0.3) is 15.0 Å². The minimum Gasteiger partial charge on any atom is -0.443 e. The fourth-order valence-corrected chi connectivity index (χ4v) is 5.19. The molecule has 0 bridgehead atoms. The Kier molecular flexibility index (Phi) is 5.63. The predicted octanol–water partition coefficient (Wildman–Crippen LogP) is 7.01. The van der Waals surface area contributed by atoms with Crippen molar-refractivity contribution in [2.75, 3.05) is 0 Å². The van der Waals surface area contributed by atoms with Crippen LogP contribution in [0.2, 0.25) is 0 Å². The molecule has 0 spiro atoms. The van der Waals surface area contributed by atoms with E-state index in [-0.39, 0.29) is 21.9 Å². The lowest BCUT2D eigenvalue weighted by Gasteiger charge is -2.18. The first-order valence-electron chi connectivity index (χ1n) is 9.95. The van der Waals surface area contributed by atoms with Crippen LogP contribution < -0.4 is 0 Å². The van der Waals surface area contributed by atoms with Crippen molar-refractivity contribution in [2.24, 2.45) is 0 Å². The normalized spacial score (nSPS) is 11.7. The van der Waals surface area contributed by atoms with Crippen molar-refractivity contribution >= 4 is 26.5 Å². The molecule has 1 atom stereocenters. The highest BCUT2D eigenvalue weighted by molar-refractivity contribution is 7.43. The molecule has 0 amide bonds. The molecule has 31 heavy (non-hydrogen) atoms. The molecule has 2 nitrogen and oxygen atoms in total. The zero-order valence-corrected chi connectivity index (χ0v) is 18.4. The summed E-state index contributed by atoms with van der Waals surface area (Å²) in [7, 11) is -0.207. The van der Waals surface area contributed by atoms with E-state index in [2.05, 4.69) is 35.4 Å². The lowest BCUT2D eigenvalue weighted by molar-refractivity contribution is 0.0204. The van der Waals surface area contributed by atoms with Gasteiger partial charge in [0, 0.05) is 28.0 Å². The third-order valence-corrected chi connectivity index (χ3v) is 6.85. The molecule has 4 rings (SSSR count). The standard InChI is InChI=1S/C27H22FO2S/c1-19-11-12-20(24(28)17-19)13-15-27(2,3)30-26(29)22-8-6-9-23(18-22)31-16-14-21-7-4-5-10-25(21)31/h4-12,14,16-18H,1-3H3/q+1. The second-order valence-corrected chi connectivity index (χ2v) is 9.70. The Labute approximate surface area is 184 Å². The topological polar surface area (TPSA) is 26.3 Å². The van der Waals surface area contributed by atoms with Crippen LogP contribution in [0.3, 0.4) is 0 Å². The molecular formula is C27H22FO2S+. The molecular weight excluding hydrogens is 407 g/mol. The maximum atomic E-state index is 14.0. The SMILES string of the molecule is Cc1ccc(C#CC(C)(C)OC(=O)c2cccc(-[s+]3ccc4ccccc43)c2)c(F)c1. The summed E-state index contributed by atoms with van der Waals surface area (Å²) in [6, 6.07) is 22.8. The highest BCUT2D eigenvalue weighted by atomic mass is 32.2. The van der Waals surface area contributed by atoms with Crippen molar-refractivity contribution in [3.8, 4) is 16.7 Å². The molecule has 1 aromatic heterocycles. The summed E-state index contributed by atoms with van der Waals surface area (Å²) in [4.78, 5) is 13.9. The first-order chi connectivity index (χ1) is 14.8. The predicted molar refractivity (Wildman–Crippen MR) is 125 cm³/mol. The molecule has 0 saturated heterocycles. The Morgan fingerprint density at radius 1 is 1.00 bits per heavy atom. The molecule has 4 heteroatoms. The van der Waals surface area contributed by atoms with E-state index >= 15 is 0 Å². The highest BCUT2D eigenvalue weighted by Crippen LogP contribution is 2.39. The van der Waals surface area contributed by atoms with Crippen LogP contribution in [0.4, 0.5) is 4.39 Å². The van der Waals surface area contributed by atoms with Crippen molar-refractivity contribution in [3.05, 3.63) is 101 Å². The van der Waals surface area contributed by atoms with Gasteiger partial charge < -0.3 is 4.74 Å². The van der Waals surface area contributed by atoms with E-state index in [1.165, 1.54) is 16.2 Å². The number of fused-ring (bicyclic) bond motifs is 1. The van der Waals surface area contributed by atoms with Gasteiger partial charge in [0.15, 0.2) is 15.2 Å². The largest absolute Gasteiger partial charge is 0.443 e.